The lowest BCUT2D eigenvalue weighted by molar-refractivity contribution is 0.1000. The van der Waals surface area contributed by atoms with Gasteiger partial charge in [0.15, 0.2) is 0 Å². The van der Waals surface area contributed by atoms with Crippen LogP contribution in [-0.2, 0) is 6.42 Å². The smallest absolute Gasteiger partial charge is 0.248 e. The molecule has 0 aromatic heterocycles. The number of anilines is 2. The van der Waals surface area contributed by atoms with Crippen LogP contribution in [0.25, 0.3) is 0 Å². The number of amides is 1. The van der Waals surface area contributed by atoms with Crippen LogP contribution >= 0.6 is 0 Å². The Labute approximate surface area is 124 Å². The van der Waals surface area contributed by atoms with E-state index in [9.17, 15) is 4.79 Å². The SMILES string of the molecule is Cc1cc(C(N)=O)ccc1NC1CCc2cc(N)ccc21. The van der Waals surface area contributed by atoms with Crippen molar-refractivity contribution in [1.82, 2.24) is 0 Å². The fraction of sp³-hybridized carbons (Fsp3) is 0.235. The lowest BCUT2D eigenvalue weighted by Crippen LogP contribution is -2.12. The van der Waals surface area contributed by atoms with E-state index in [1.54, 1.807) is 6.07 Å². The van der Waals surface area contributed by atoms with E-state index in [2.05, 4.69) is 17.4 Å². The second-order valence-corrected chi connectivity index (χ2v) is 5.59. The highest BCUT2D eigenvalue weighted by Crippen LogP contribution is 2.35. The fourth-order valence-electron chi connectivity index (χ4n) is 2.95. The number of carbonyl (C=O) groups is 1. The zero-order chi connectivity index (χ0) is 15.0. The van der Waals surface area contributed by atoms with Gasteiger partial charge < -0.3 is 16.8 Å². The number of carbonyl (C=O) groups excluding carboxylic acids is 1. The topological polar surface area (TPSA) is 81.1 Å². The molecule has 1 amide bonds. The third kappa shape index (κ3) is 2.57. The Morgan fingerprint density at radius 2 is 2.05 bits per heavy atom. The lowest BCUT2D eigenvalue weighted by Gasteiger charge is -2.18. The van der Waals surface area contributed by atoms with E-state index in [0.29, 0.717) is 11.6 Å². The van der Waals surface area contributed by atoms with Crippen LogP contribution in [0, 0.1) is 6.92 Å². The molecule has 0 spiro atoms. The fourth-order valence-corrected chi connectivity index (χ4v) is 2.95. The van der Waals surface area contributed by atoms with E-state index in [0.717, 1.165) is 29.8 Å². The Morgan fingerprint density at radius 1 is 1.24 bits per heavy atom. The summed E-state index contributed by atoms with van der Waals surface area (Å²) in [6.45, 7) is 1.98. The van der Waals surface area contributed by atoms with Crippen molar-refractivity contribution in [1.29, 1.82) is 0 Å². The summed E-state index contributed by atoms with van der Waals surface area (Å²) in [6, 6.07) is 11.9. The third-order valence-electron chi connectivity index (χ3n) is 4.09. The number of hydrogen-bond donors (Lipinski definition) is 3. The number of aryl methyl sites for hydroxylation is 2. The average molecular weight is 281 g/mol. The number of nitrogens with two attached hydrogens (primary N) is 2. The highest BCUT2D eigenvalue weighted by atomic mass is 16.1. The molecule has 1 aliphatic rings. The van der Waals surface area contributed by atoms with Crippen molar-refractivity contribution in [2.24, 2.45) is 5.73 Å². The van der Waals surface area contributed by atoms with Gasteiger partial charge in [-0.2, -0.15) is 0 Å². The largest absolute Gasteiger partial charge is 0.399 e. The number of rotatable bonds is 3. The predicted octanol–water partition coefficient (Wildman–Crippen LogP) is 2.78. The van der Waals surface area contributed by atoms with Crippen LogP contribution in [0.3, 0.4) is 0 Å². The standard InChI is InChI=1S/C17H19N3O/c1-10-8-12(17(19)21)3-6-15(10)20-16-7-2-11-9-13(18)4-5-14(11)16/h3-6,8-9,16,20H,2,7,18H2,1H3,(H2,19,21). The van der Waals surface area contributed by atoms with Crippen molar-refractivity contribution in [3.8, 4) is 0 Å². The minimum Gasteiger partial charge on any atom is -0.399 e. The molecule has 0 saturated heterocycles. The molecule has 2 aromatic rings. The van der Waals surface area contributed by atoms with Gasteiger partial charge in [-0.15, -0.1) is 0 Å². The Bertz CT molecular complexity index is 709. The molecule has 0 fully saturated rings. The van der Waals surface area contributed by atoms with Crippen LogP contribution in [0.2, 0.25) is 0 Å². The second kappa shape index (κ2) is 5.13. The van der Waals surface area contributed by atoms with Crippen molar-refractivity contribution in [2.75, 3.05) is 11.1 Å². The number of nitrogens with one attached hydrogen (secondary N) is 1. The first-order chi connectivity index (χ1) is 10.0. The summed E-state index contributed by atoms with van der Waals surface area (Å²) in [4.78, 5) is 11.2. The first-order valence-corrected chi connectivity index (χ1v) is 7.10. The van der Waals surface area contributed by atoms with E-state index in [4.69, 9.17) is 11.5 Å². The molecular weight excluding hydrogens is 262 g/mol. The summed E-state index contributed by atoms with van der Waals surface area (Å²) in [6.07, 6.45) is 2.09. The van der Waals surface area contributed by atoms with Crippen molar-refractivity contribution in [3.05, 3.63) is 58.7 Å². The van der Waals surface area contributed by atoms with Crippen molar-refractivity contribution < 1.29 is 4.79 Å². The molecule has 0 radical (unpaired) electrons. The van der Waals surface area contributed by atoms with E-state index >= 15 is 0 Å². The highest BCUT2D eigenvalue weighted by Gasteiger charge is 2.22. The molecule has 0 saturated carbocycles. The van der Waals surface area contributed by atoms with Gasteiger partial charge in [-0.3, -0.25) is 4.79 Å². The number of fused-ring (bicyclic) bond motifs is 1. The molecule has 1 aliphatic carbocycles. The van der Waals surface area contributed by atoms with E-state index in [1.807, 2.05) is 25.1 Å². The Morgan fingerprint density at radius 3 is 2.76 bits per heavy atom. The van der Waals surface area contributed by atoms with Gasteiger partial charge in [0.25, 0.3) is 0 Å². The molecular formula is C17H19N3O. The number of primary amides is 1. The van der Waals surface area contributed by atoms with Crippen LogP contribution in [-0.4, -0.2) is 5.91 Å². The van der Waals surface area contributed by atoms with Gasteiger partial charge in [-0.05, 0) is 66.8 Å². The lowest BCUT2D eigenvalue weighted by atomic mass is 10.1. The summed E-state index contributed by atoms with van der Waals surface area (Å²) in [5.41, 5.74) is 17.2. The van der Waals surface area contributed by atoms with Crippen LogP contribution in [0.1, 0.15) is 39.5 Å². The first kappa shape index (κ1) is 13.5. The molecule has 0 bridgehead atoms. The van der Waals surface area contributed by atoms with Gasteiger partial charge in [0.05, 0.1) is 6.04 Å². The van der Waals surface area contributed by atoms with Crippen LogP contribution in [0.5, 0.6) is 0 Å². The summed E-state index contributed by atoms with van der Waals surface area (Å²) < 4.78 is 0. The Balaban J connectivity index is 1.84. The first-order valence-electron chi connectivity index (χ1n) is 7.10. The maximum absolute atomic E-state index is 11.2. The molecule has 1 unspecified atom stereocenters. The minimum atomic E-state index is -0.397. The molecule has 0 heterocycles. The van der Waals surface area contributed by atoms with Crippen LogP contribution < -0.4 is 16.8 Å². The normalized spacial score (nSPS) is 16.5. The molecule has 4 heteroatoms. The van der Waals surface area contributed by atoms with Crippen molar-refractivity contribution >= 4 is 17.3 Å². The number of hydrogen-bond acceptors (Lipinski definition) is 3. The quantitative estimate of drug-likeness (QED) is 0.757. The van der Waals surface area contributed by atoms with Gasteiger partial charge >= 0.3 is 0 Å². The monoisotopic (exact) mass is 281 g/mol. The van der Waals surface area contributed by atoms with Gasteiger partial charge in [-0.25, -0.2) is 0 Å². The van der Waals surface area contributed by atoms with Crippen LogP contribution in [0.4, 0.5) is 11.4 Å². The Kier molecular flexibility index (Phi) is 3.29. The van der Waals surface area contributed by atoms with E-state index in [1.165, 1.54) is 11.1 Å². The van der Waals surface area contributed by atoms with Gasteiger partial charge in [0.1, 0.15) is 0 Å². The Hall–Kier alpha value is -2.49. The molecule has 1 atom stereocenters. The van der Waals surface area contributed by atoms with Gasteiger partial charge in [-0.1, -0.05) is 6.07 Å². The molecule has 2 aromatic carbocycles. The number of nitrogen functional groups attached to an aromatic ring is 1. The molecule has 3 rings (SSSR count). The number of benzene rings is 2. The van der Waals surface area contributed by atoms with Crippen molar-refractivity contribution in [3.63, 3.8) is 0 Å². The van der Waals surface area contributed by atoms with Crippen molar-refractivity contribution in [2.45, 2.75) is 25.8 Å². The summed E-state index contributed by atoms with van der Waals surface area (Å²) >= 11 is 0. The maximum atomic E-state index is 11.2. The molecule has 0 aliphatic heterocycles. The zero-order valence-corrected chi connectivity index (χ0v) is 12.0. The zero-order valence-electron chi connectivity index (χ0n) is 12.0. The molecule has 5 N–H and O–H groups in total. The summed E-state index contributed by atoms with van der Waals surface area (Å²) in [5, 5.41) is 3.56. The molecule has 108 valence electrons. The minimum absolute atomic E-state index is 0.290. The van der Waals surface area contributed by atoms with E-state index < -0.39 is 5.91 Å². The third-order valence-corrected chi connectivity index (χ3v) is 4.09. The molecule has 21 heavy (non-hydrogen) atoms. The van der Waals surface area contributed by atoms with Gasteiger partial charge in [0.2, 0.25) is 5.91 Å². The average Bonchev–Trinajstić information content (AvgIpc) is 2.83. The summed E-state index contributed by atoms with van der Waals surface area (Å²) in [7, 11) is 0. The summed E-state index contributed by atoms with van der Waals surface area (Å²) in [5.74, 6) is -0.397. The second-order valence-electron chi connectivity index (χ2n) is 5.59. The predicted molar refractivity (Wildman–Crippen MR) is 85.2 cm³/mol. The highest BCUT2D eigenvalue weighted by molar-refractivity contribution is 5.93. The van der Waals surface area contributed by atoms with E-state index in [-0.39, 0.29) is 0 Å². The maximum Gasteiger partial charge on any atom is 0.248 e. The van der Waals surface area contributed by atoms with Crippen LogP contribution in [0.15, 0.2) is 36.4 Å². The molecule has 4 nitrogen and oxygen atoms in total. The van der Waals surface area contributed by atoms with Gasteiger partial charge in [0, 0.05) is 16.9 Å².